The van der Waals surface area contributed by atoms with Crippen LogP contribution in [-0.2, 0) is 9.59 Å². The van der Waals surface area contributed by atoms with Gasteiger partial charge in [-0.25, -0.2) is 4.98 Å². The van der Waals surface area contributed by atoms with Crippen molar-refractivity contribution in [1.29, 1.82) is 0 Å². The number of halogens is 1. The second kappa shape index (κ2) is 10.3. The lowest BCUT2D eigenvalue weighted by atomic mass is 10.2. The van der Waals surface area contributed by atoms with E-state index in [1.165, 1.54) is 0 Å². The molecule has 0 aliphatic carbocycles. The molecule has 2 amide bonds. The fourth-order valence-electron chi connectivity index (χ4n) is 3.27. The summed E-state index contributed by atoms with van der Waals surface area (Å²) in [7, 11) is 1.60. The number of hydrogen-bond donors (Lipinski definition) is 1. The summed E-state index contributed by atoms with van der Waals surface area (Å²) in [4.78, 5) is 31.3. The van der Waals surface area contributed by atoms with Crippen LogP contribution in [-0.4, -0.2) is 46.0 Å². The lowest BCUT2D eigenvalue weighted by Crippen LogP contribution is -2.42. The Morgan fingerprint density at radius 1 is 1.19 bits per heavy atom. The second-order valence-electron chi connectivity index (χ2n) is 7.55. The zero-order valence-electron chi connectivity index (χ0n) is 18.6. The second-order valence-corrected chi connectivity index (χ2v) is 7.98. The maximum Gasteiger partial charge on any atom is 0.246 e. The van der Waals surface area contributed by atoms with E-state index in [2.05, 4.69) is 10.3 Å². The zero-order chi connectivity index (χ0) is 23.3. The number of imidazole rings is 1. The Morgan fingerprint density at radius 2 is 1.91 bits per heavy atom. The van der Waals surface area contributed by atoms with E-state index in [0.717, 1.165) is 11.3 Å². The summed E-state index contributed by atoms with van der Waals surface area (Å²) in [5.41, 5.74) is 2.30. The number of benzene rings is 2. The van der Waals surface area contributed by atoms with E-state index in [0.29, 0.717) is 28.8 Å². The van der Waals surface area contributed by atoms with Crippen molar-refractivity contribution in [3.63, 3.8) is 0 Å². The van der Waals surface area contributed by atoms with Crippen LogP contribution in [0.3, 0.4) is 0 Å². The predicted molar refractivity (Wildman–Crippen MR) is 126 cm³/mol. The van der Waals surface area contributed by atoms with Crippen LogP contribution in [0.1, 0.15) is 27.2 Å². The molecule has 0 saturated carbocycles. The molecule has 168 valence electrons. The number of rotatable bonds is 8. The molecular formula is C24H27ClN4O3. The number of aromatic nitrogens is 2. The first-order valence-corrected chi connectivity index (χ1v) is 10.8. The molecular weight excluding hydrogens is 428 g/mol. The van der Waals surface area contributed by atoms with Crippen LogP contribution >= 0.6 is 11.6 Å². The van der Waals surface area contributed by atoms with Crippen molar-refractivity contribution in [3.8, 4) is 22.7 Å². The molecule has 32 heavy (non-hydrogen) atoms. The maximum atomic E-state index is 12.8. The number of amides is 2. The molecule has 0 spiro atoms. The van der Waals surface area contributed by atoms with Gasteiger partial charge in [0.15, 0.2) is 0 Å². The fourth-order valence-corrected chi connectivity index (χ4v) is 3.39. The number of methoxy groups -OCH3 is 1. The van der Waals surface area contributed by atoms with E-state index in [-0.39, 0.29) is 24.4 Å². The summed E-state index contributed by atoms with van der Waals surface area (Å²) in [6, 6.07) is 14.7. The molecule has 1 aromatic heterocycles. The summed E-state index contributed by atoms with van der Waals surface area (Å²) in [5, 5.41) is 3.49. The molecule has 1 N–H and O–H groups in total. The summed E-state index contributed by atoms with van der Waals surface area (Å²) < 4.78 is 7.12. The van der Waals surface area contributed by atoms with Crippen molar-refractivity contribution in [2.75, 3.05) is 19.0 Å². The first kappa shape index (κ1) is 23.3. The predicted octanol–water partition coefficient (Wildman–Crippen LogP) is 4.79. The van der Waals surface area contributed by atoms with Crippen LogP contribution < -0.4 is 10.1 Å². The molecule has 0 radical (unpaired) electrons. The Kier molecular flexibility index (Phi) is 7.53. The van der Waals surface area contributed by atoms with Gasteiger partial charge in [0, 0.05) is 35.3 Å². The first-order chi connectivity index (χ1) is 15.3. The molecule has 1 heterocycles. The number of nitrogens with zero attached hydrogens (tertiary/aromatic N) is 3. The average Bonchev–Trinajstić information content (AvgIpc) is 3.20. The van der Waals surface area contributed by atoms with Crippen LogP contribution in [0.2, 0.25) is 5.02 Å². The Hall–Kier alpha value is -3.32. The van der Waals surface area contributed by atoms with E-state index < -0.39 is 0 Å². The Labute approximate surface area is 193 Å². The van der Waals surface area contributed by atoms with E-state index in [1.54, 1.807) is 35.6 Å². The lowest BCUT2D eigenvalue weighted by molar-refractivity contribution is -0.136. The standard InChI is InChI=1S/C24H27ClN4O3/c1-5-23(31)28(16(2)3)15-22(30)27-24-26-21(17-9-11-18(25)12-10-17)14-29(24)19-7-6-8-20(13-19)32-4/h6-14,16H,5,15H2,1-4H3,(H,26,27,30). The number of carbonyl (C=O) groups is 2. The highest BCUT2D eigenvalue weighted by atomic mass is 35.5. The average molecular weight is 455 g/mol. The van der Waals surface area contributed by atoms with Crippen molar-refractivity contribution in [3.05, 3.63) is 59.8 Å². The minimum absolute atomic E-state index is 0.0500. The van der Waals surface area contributed by atoms with Gasteiger partial charge in [-0.05, 0) is 38.1 Å². The fraction of sp³-hybridized carbons (Fsp3) is 0.292. The molecule has 7 nitrogen and oxygen atoms in total. The SMILES string of the molecule is CCC(=O)N(CC(=O)Nc1nc(-c2ccc(Cl)cc2)cn1-c1cccc(OC)c1)C(C)C. The van der Waals surface area contributed by atoms with Gasteiger partial charge in [0.05, 0.1) is 18.5 Å². The molecule has 0 aliphatic heterocycles. The van der Waals surface area contributed by atoms with Crippen LogP contribution in [0, 0.1) is 0 Å². The van der Waals surface area contributed by atoms with Crippen LogP contribution in [0.25, 0.3) is 16.9 Å². The molecule has 0 fully saturated rings. The van der Waals surface area contributed by atoms with Gasteiger partial charge in [-0.1, -0.05) is 36.7 Å². The van der Waals surface area contributed by atoms with Crippen LogP contribution in [0.4, 0.5) is 5.95 Å². The number of hydrogen-bond acceptors (Lipinski definition) is 4. The largest absolute Gasteiger partial charge is 0.497 e. The zero-order valence-corrected chi connectivity index (χ0v) is 19.4. The minimum atomic E-state index is -0.321. The molecule has 0 aliphatic rings. The van der Waals surface area contributed by atoms with Gasteiger partial charge in [0.1, 0.15) is 12.3 Å². The summed E-state index contributed by atoms with van der Waals surface area (Å²) in [6.07, 6.45) is 2.18. The lowest BCUT2D eigenvalue weighted by Gasteiger charge is -2.25. The summed E-state index contributed by atoms with van der Waals surface area (Å²) in [5.74, 6) is 0.632. The van der Waals surface area contributed by atoms with Gasteiger partial charge in [0.25, 0.3) is 0 Å². The van der Waals surface area contributed by atoms with Gasteiger partial charge in [0.2, 0.25) is 17.8 Å². The third-order valence-corrected chi connectivity index (χ3v) is 5.24. The van der Waals surface area contributed by atoms with E-state index >= 15 is 0 Å². The van der Waals surface area contributed by atoms with Crippen molar-refractivity contribution < 1.29 is 14.3 Å². The number of anilines is 1. The highest BCUT2D eigenvalue weighted by Gasteiger charge is 2.21. The van der Waals surface area contributed by atoms with Crippen molar-refractivity contribution in [2.24, 2.45) is 0 Å². The Bertz CT molecular complexity index is 1090. The molecule has 0 saturated heterocycles. The van der Waals surface area contributed by atoms with Crippen LogP contribution in [0.15, 0.2) is 54.7 Å². The molecule has 3 aromatic rings. The number of ether oxygens (including phenoxy) is 1. The Morgan fingerprint density at radius 3 is 2.53 bits per heavy atom. The normalized spacial score (nSPS) is 10.8. The molecule has 8 heteroatoms. The monoisotopic (exact) mass is 454 g/mol. The van der Waals surface area contributed by atoms with Gasteiger partial charge in [-0.2, -0.15) is 0 Å². The smallest absolute Gasteiger partial charge is 0.246 e. The van der Waals surface area contributed by atoms with Gasteiger partial charge in [-0.3, -0.25) is 19.5 Å². The topological polar surface area (TPSA) is 76.5 Å². The molecule has 0 atom stereocenters. The molecule has 3 rings (SSSR count). The number of carbonyl (C=O) groups excluding carboxylic acids is 2. The molecule has 2 aromatic carbocycles. The summed E-state index contributed by atoms with van der Waals surface area (Å²) in [6.45, 7) is 5.50. The summed E-state index contributed by atoms with van der Waals surface area (Å²) >= 11 is 6.02. The third kappa shape index (κ3) is 5.48. The van der Waals surface area contributed by atoms with Gasteiger partial charge in [-0.15, -0.1) is 0 Å². The van der Waals surface area contributed by atoms with E-state index in [1.807, 2.05) is 56.4 Å². The minimum Gasteiger partial charge on any atom is -0.497 e. The van der Waals surface area contributed by atoms with Crippen molar-refractivity contribution in [2.45, 2.75) is 33.2 Å². The highest BCUT2D eigenvalue weighted by Crippen LogP contribution is 2.27. The van der Waals surface area contributed by atoms with Gasteiger partial charge < -0.3 is 9.64 Å². The van der Waals surface area contributed by atoms with Crippen molar-refractivity contribution in [1.82, 2.24) is 14.5 Å². The maximum absolute atomic E-state index is 12.8. The third-order valence-electron chi connectivity index (χ3n) is 4.99. The Balaban J connectivity index is 1.96. The molecule has 0 unspecified atom stereocenters. The van der Waals surface area contributed by atoms with E-state index in [9.17, 15) is 9.59 Å². The molecule has 0 bridgehead atoms. The van der Waals surface area contributed by atoms with Gasteiger partial charge >= 0.3 is 0 Å². The number of nitrogens with one attached hydrogen (secondary N) is 1. The van der Waals surface area contributed by atoms with E-state index in [4.69, 9.17) is 16.3 Å². The first-order valence-electron chi connectivity index (χ1n) is 10.4. The highest BCUT2D eigenvalue weighted by molar-refractivity contribution is 6.30. The van der Waals surface area contributed by atoms with Crippen molar-refractivity contribution >= 4 is 29.4 Å². The quantitative estimate of drug-likeness (QED) is 0.531. The van der Waals surface area contributed by atoms with Crippen LogP contribution in [0.5, 0.6) is 5.75 Å².